The van der Waals surface area contributed by atoms with Gasteiger partial charge in [-0.05, 0) is 30.0 Å². The van der Waals surface area contributed by atoms with Gasteiger partial charge in [-0.2, -0.15) is 0 Å². The normalized spacial score (nSPS) is 12.5. The van der Waals surface area contributed by atoms with Gasteiger partial charge in [-0.3, -0.25) is 9.79 Å². The third kappa shape index (κ3) is 6.54. The van der Waals surface area contributed by atoms with Crippen LogP contribution < -0.4 is 16.0 Å². The minimum absolute atomic E-state index is 0.0775. The first-order valence-corrected chi connectivity index (χ1v) is 9.17. The Labute approximate surface area is 152 Å². The van der Waals surface area contributed by atoms with Gasteiger partial charge in [-0.15, -0.1) is 11.3 Å². The van der Waals surface area contributed by atoms with Crippen LogP contribution in [0.2, 0.25) is 0 Å². The molecule has 0 saturated heterocycles. The number of aryl methyl sites for hydroxylation is 1. The van der Waals surface area contributed by atoms with Crippen molar-refractivity contribution in [3.05, 3.63) is 46.3 Å². The molecule has 25 heavy (non-hydrogen) atoms. The van der Waals surface area contributed by atoms with Crippen LogP contribution in [-0.2, 0) is 4.79 Å². The lowest BCUT2D eigenvalue weighted by Gasteiger charge is -2.15. The van der Waals surface area contributed by atoms with E-state index in [1.54, 1.807) is 30.6 Å². The molecule has 2 rings (SSSR count). The number of hydrogen-bond donors (Lipinski definition) is 3. The summed E-state index contributed by atoms with van der Waals surface area (Å²) >= 11 is 1.75. The van der Waals surface area contributed by atoms with E-state index >= 15 is 0 Å². The fourth-order valence-electron chi connectivity index (χ4n) is 2.18. The first-order valence-electron chi connectivity index (χ1n) is 8.29. The number of hydrogen-bond acceptors (Lipinski definition) is 4. The van der Waals surface area contributed by atoms with E-state index in [0.29, 0.717) is 30.7 Å². The molecule has 134 valence electrons. The number of guanidine groups is 1. The molecule has 2 heterocycles. The smallest absolute Gasteiger partial charge is 0.227 e. The zero-order valence-corrected chi connectivity index (χ0v) is 15.7. The highest BCUT2D eigenvalue weighted by molar-refractivity contribution is 7.10. The molecular weight excluding hydrogens is 334 g/mol. The Morgan fingerprint density at radius 1 is 1.32 bits per heavy atom. The summed E-state index contributed by atoms with van der Waals surface area (Å²) in [6.45, 7) is 5.43. The fourth-order valence-corrected chi connectivity index (χ4v) is 2.97. The number of aromatic nitrogens is 1. The third-order valence-electron chi connectivity index (χ3n) is 3.65. The Morgan fingerprint density at radius 2 is 2.16 bits per heavy atom. The van der Waals surface area contributed by atoms with Crippen LogP contribution in [0.4, 0.5) is 5.82 Å². The van der Waals surface area contributed by atoms with E-state index < -0.39 is 0 Å². The van der Waals surface area contributed by atoms with Gasteiger partial charge in [0.15, 0.2) is 5.96 Å². The van der Waals surface area contributed by atoms with Crippen molar-refractivity contribution in [3.8, 4) is 0 Å². The number of carbonyl (C=O) groups is 1. The number of nitrogens with zero attached hydrogens (tertiary/aromatic N) is 2. The maximum Gasteiger partial charge on any atom is 0.227 e. The van der Waals surface area contributed by atoms with Gasteiger partial charge in [-0.1, -0.05) is 19.1 Å². The number of amides is 1. The van der Waals surface area contributed by atoms with Crippen molar-refractivity contribution in [2.24, 2.45) is 4.99 Å². The quantitative estimate of drug-likeness (QED) is 0.525. The fraction of sp³-hybridized carbons (Fsp3) is 0.389. The summed E-state index contributed by atoms with van der Waals surface area (Å²) < 4.78 is 0. The summed E-state index contributed by atoms with van der Waals surface area (Å²) in [7, 11) is 1.72. The van der Waals surface area contributed by atoms with E-state index in [0.717, 1.165) is 12.1 Å². The van der Waals surface area contributed by atoms with Crippen molar-refractivity contribution in [3.63, 3.8) is 0 Å². The molecule has 7 heteroatoms. The van der Waals surface area contributed by atoms with Crippen LogP contribution in [0, 0.1) is 6.92 Å². The Kier molecular flexibility index (Phi) is 7.40. The topological polar surface area (TPSA) is 78.4 Å². The molecule has 0 saturated carbocycles. The second kappa shape index (κ2) is 9.78. The molecule has 2 aromatic rings. The van der Waals surface area contributed by atoms with Gasteiger partial charge in [-0.25, -0.2) is 4.98 Å². The second-order valence-corrected chi connectivity index (χ2v) is 6.79. The average Bonchev–Trinajstić information content (AvgIpc) is 3.14. The van der Waals surface area contributed by atoms with Gasteiger partial charge in [0.25, 0.3) is 0 Å². The second-order valence-electron chi connectivity index (χ2n) is 5.82. The van der Waals surface area contributed by atoms with Crippen molar-refractivity contribution in [1.29, 1.82) is 0 Å². The maximum absolute atomic E-state index is 11.9. The summed E-state index contributed by atoms with van der Waals surface area (Å²) in [5.41, 5.74) is 1.06. The van der Waals surface area contributed by atoms with Crippen LogP contribution in [0.5, 0.6) is 0 Å². The number of pyridine rings is 1. The third-order valence-corrected chi connectivity index (χ3v) is 4.76. The molecule has 0 fully saturated rings. The van der Waals surface area contributed by atoms with Crippen molar-refractivity contribution in [2.75, 3.05) is 25.5 Å². The van der Waals surface area contributed by atoms with Crippen LogP contribution in [0.3, 0.4) is 0 Å². The van der Waals surface area contributed by atoms with Gasteiger partial charge < -0.3 is 16.0 Å². The van der Waals surface area contributed by atoms with E-state index in [9.17, 15) is 4.79 Å². The van der Waals surface area contributed by atoms with Crippen LogP contribution in [0.25, 0.3) is 0 Å². The molecule has 3 N–H and O–H groups in total. The molecule has 0 radical (unpaired) electrons. The number of anilines is 1. The van der Waals surface area contributed by atoms with Gasteiger partial charge >= 0.3 is 0 Å². The lowest BCUT2D eigenvalue weighted by molar-refractivity contribution is -0.116. The molecule has 0 spiro atoms. The molecule has 1 unspecified atom stereocenters. The Bertz CT molecular complexity index is 682. The Hall–Kier alpha value is -2.41. The highest BCUT2D eigenvalue weighted by Crippen LogP contribution is 2.19. The van der Waals surface area contributed by atoms with Gasteiger partial charge in [0, 0.05) is 43.5 Å². The van der Waals surface area contributed by atoms with Crippen LogP contribution >= 0.6 is 11.3 Å². The monoisotopic (exact) mass is 359 g/mol. The standard InChI is InChI=1S/C18H25N5OS/c1-13-6-7-16(21-11-13)23-17(24)8-9-20-18(19-3)22-12-14(2)15-5-4-10-25-15/h4-7,10-11,14H,8-9,12H2,1-3H3,(H2,19,20,22)(H,21,23,24). The maximum atomic E-state index is 11.9. The van der Waals surface area contributed by atoms with E-state index in [4.69, 9.17) is 0 Å². The molecule has 0 aliphatic heterocycles. The molecule has 6 nitrogen and oxygen atoms in total. The zero-order chi connectivity index (χ0) is 18.1. The molecule has 0 bridgehead atoms. The van der Waals surface area contributed by atoms with Crippen molar-refractivity contribution in [2.45, 2.75) is 26.2 Å². The predicted molar refractivity (Wildman–Crippen MR) is 104 cm³/mol. The van der Waals surface area contributed by atoms with Gasteiger partial charge in [0.05, 0.1) is 0 Å². The Morgan fingerprint density at radius 3 is 2.80 bits per heavy atom. The SMILES string of the molecule is CN=C(NCCC(=O)Nc1ccc(C)cn1)NCC(C)c1cccs1. The minimum atomic E-state index is -0.0775. The van der Waals surface area contributed by atoms with E-state index in [1.165, 1.54) is 4.88 Å². The van der Waals surface area contributed by atoms with Crippen molar-refractivity contribution >= 4 is 29.0 Å². The predicted octanol–water partition coefficient (Wildman–Crippen LogP) is 2.75. The number of carbonyl (C=O) groups excluding carboxylic acids is 1. The lowest BCUT2D eigenvalue weighted by Crippen LogP contribution is -2.40. The van der Waals surface area contributed by atoms with Gasteiger partial charge in [0.1, 0.15) is 5.82 Å². The highest BCUT2D eigenvalue weighted by atomic mass is 32.1. The Balaban J connectivity index is 1.68. The highest BCUT2D eigenvalue weighted by Gasteiger charge is 2.08. The van der Waals surface area contributed by atoms with E-state index in [-0.39, 0.29) is 5.91 Å². The zero-order valence-electron chi connectivity index (χ0n) is 14.9. The minimum Gasteiger partial charge on any atom is -0.356 e. The molecule has 1 amide bonds. The largest absolute Gasteiger partial charge is 0.356 e. The average molecular weight is 359 g/mol. The van der Waals surface area contributed by atoms with Crippen LogP contribution in [0.1, 0.15) is 29.7 Å². The first kappa shape index (κ1) is 18.9. The van der Waals surface area contributed by atoms with Crippen LogP contribution in [-0.4, -0.2) is 37.0 Å². The summed E-state index contributed by atoms with van der Waals surface area (Å²) in [6, 6.07) is 7.91. The molecular formula is C18H25N5OS. The number of rotatable bonds is 7. The van der Waals surface area contributed by atoms with Crippen molar-refractivity contribution < 1.29 is 4.79 Å². The number of aliphatic imine (C=N–C) groups is 1. The lowest BCUT2D eigenvalue weighted by atomic mass is 10.1. The summed E-state index contributed by atoms with van der Waals surface area (Å²) in [5.74, 6) is 1.60. The van der Waals surface area contributed by atoms with E-state index in [1.807, 2.05) is 13.0 Å². The van der Waals surface area contributed by atoms with Crippen LogP contribution in [0.15, 0.2) is 40.8 Å². The number of thiophene rings is 1. The van der Waals surface area contributed by atoms with Gasteiger partial charge in [0.2, 0.25) is 5.91 Å². The van der Waals surface area contributed by atoms with Crippen molar-refractivity contribution in [1.82, 2.24) is 15.6 Å². The molecule has 2 aromatic heterocycles. The summed E-state index contributed by atoms with van der Waals surface area (Å²) in [5, 5.41) is 11.3. The molecule has 0 aliphatic carbocycles. The molecule has 0 aromatic carbocycles. The summed E-state index contributed by atoms with van der Waals surface area (Å²) in [6.07, 6.45) is 2.07. The summed E-state index contributed by atoms with van der Waals surface area (Å²) in [4.78, 5) is 21.6. The van der Waals surface area contributed by atoms with E-state index in [2.05, 4.69) is 50.4 Å². The number of nitrogens with one attached hydrogen (secondary N) is 3. The molecule has 0 aliphatic rings. The first-order chi connectivity index (χ1) is 12.1. The molecule has 1 atom stereocenters.